The van der Waals surface area contributed by atoms with Crippen LogP contribution in [0.3, 0.4) is 0 Å². The summed E-state index contributed by atoms with van der Waals surface area (Å²) in [6.45, 7) is 5.33. The molecule has 0 radical (unpaired) electrons. The van der Waals surface area contributed by atoms with E-state index in [1.165, 1.54) is 12.0 Å². The van der Waals surface area contributed by atoms with Crippen molar-refractivity contribution in [2.24, 2.45) is 5.92 Å². The standard InChI is InChI=1S/C27H42N4O8S/c1-26(2,3)39-25(35)28-20-11-9-7-5-6-8-10-17-15-27(17,24(34)30-40(36,37)19-12-13-19)29-22(32)21-14-18(38-4)16-31(21)23(20)33/h8,10,17-21H,5-7,9,11-16H2,1-4H3,(H,28,35)(H,29,32)(H,30,34)/b10-8-/t17-,18-,20?,21+,27-/m1/s1. The van der Waals surface area contributed by atoms with Crippen LogP contribution in [0.25, 0.3) is 0 Å². The van der Waals surface area contributed by atoms with Crippen molar-refractivity contribution in [3.05, 3.63) is 12.2 Å². The molecule has 13 heteroatoms. The lowest BCUT2D eigenvalue weighted by Gasteiger charge is -2.30. The zero-order valence-electron chi connectivity index (χ0n) is 23.7. The maximum Gasteiger partial charge on any atom is 0.408 e. The number of carbonyl (C=O) groups excluding carboxylic acids is 4. The van der Waals surface area contributed by atoms with Crippen LogP contribution in [0.1, 0.15) is 78.6 Å². The summed E-state index contributed by atoms with van der Waals surface area (Å²) in [7, 11) is -2.32. The number of amides is 4. The average molecular weight is 583 g/mol. The van der Waals surface area contributed by atoms with E-state index in [1.807, 2.05) is 12.2 Å². The molecule has 2 heterocycles. The summed E-state index contributed by atoms with van der Waals surface area (Å²) < 4.78 is 38.1. The highest BCUT2D eigenvalue weighted by Crippen LogP contribution is 2.46. The normalized spacial score (nSPS) is 32.5. The molecule has 0 aromatic heterocycles. The Bertz CT molecular complexity index is 1150. The van der Waals surface area contributed by atoms with E-state index >= 15 is 0 Å². The molecule has 2 aliphatic heterocycles. The van der Waals surface area contributed by atoms with Crippen LogP contribution in [0.4, 0.5) is 4.79 Å². The van der Waals surface area contributed by atoms with Gasteiger partial charge in [-0.3, -0.25) is 19.1 Å². The van der Waals surface area contributed by atoms with Gasteiger partial charge in [0.25, 0.3) is 5.91 Å². The molecule has 40 heavy (non-hydrogen) atoms. The highest BCUT2D eigenvalue weighted by atomic mass is 32.2. The molecule has 4 aliphatic rings. The number of sulfonamides is 1. The first-order valence-corrected chi connectivity index (χ1v) is 15.7. The van der Waals surface area contributed by atoms with Gasteiger partial charge in [-0.1, -0.05) is 25.0 Å². The minimum Gasteiger partial charge on any atom is -0.444 e. The number of ether oxygens (including phenoxy) is 2. The number of alkyl carbamates (subject to hydrolysis) is 1. The van der Waals surface area contributed by atoms with Crippen molar-refractivity contribution in [2.45, 2.75) is 113 Å². The number of hydrogen-bond donors (Lipinski definition) is 3. The fourth-order valence-electron chi connectivity index (χ4n) is 5.38. The number of methoxy groups -OCH3 is 1. The lowest BCUT2D eigenvalue weighted by Crippen LogP contribution is -2.58. The zero-order valence-corrected chi connectivity index (χ0v) is 24.6. The Morgan fingerprint density at radius 2 is 1.85 bits per heavy atom. The predicted octanol–water partition coefficient (Wildman–Crippen LogP) is 1.50. The molecule has 0 spiro atoms. The molecule has 1 saturated heterocycles. The third-order valence-corrected chi connectivity index (χ3v) is 9.69. The Morgan fingerprint density at radius 1 is 1.12 bits per heavy atom. The highest BCUT2D eigenvalue weighted by molar-refractivity contribution is 7.91. The van der Waals surface area contributed by atoms with Gasteiger partial charge in [0, 0.05) is 26.0 Å². The van der Waals surface area contributed by atoms with Gasteiger partial charge in [-0.25, -0.2) is 13.2 Å². The summed E-state index contributed by atoms with van der Waals surface area (Å²) in [5.74, 6) is -2.11. The molecule has 12 nitrogen and oxygen atoms in total. The van der Waals surface area contributed by atoms with E-state index < -0.39 is 68.4 Å². The molecular formula is C27H42N4O8S. The quantitative estimate of drug-likeness (QED) is 0.411. The smallest absolute Gasteiger partial charge is 0.408 e. The monoisotopic (exact) mass is 582 g/mol. The van der Waals surface area contributed by atoms with Crippen LogP contribution in [0, 0.1) is 5.92 Å². The molecule has 224 valence electrons. The van der Waals surface area contributed by atoms with Gasteiger partial charge >= 0.3 is 6.09 Å². The Balaban J connectivity index is 1.58. The maximum absolute atomic E-state index is 13.8. The number of allylic oxidation sites excluding steroid dienone is 1. The molecule has 2 aliphatic carbocycles. The third-order valence-electron chi connectivity index (χ3n) is 7.87. The van der Waals surface area contributed by atoms with Crippen molar-refractivity contribution >= 4 is 33.8 Å². The van der Waals surface area contributed by atoms with Gasteiger partial charge in [0.1, 0.15) is 23.2 Å². The zero-order chi connectivity index (χ0) is 29.3. The number of carbonyl (C=O) groups is 4. The summed E-state index contributed by atoms with van der Waals surface area (Å²) in [4.78, 5) is 54.8. The van der Waals surface area contributed by atoms with Gasteiger partial charge in [-0.15, -0.1) is 0 Å². The SMILES string of the molecule is CO[C@@H]1C[C@H]2C(=O)N[C@]3(C(=O)NS(=O)(=O)C4CC4)C[C@H]3/C=C\CCCCCC(NC(=O)OC(C)(C)C)C(=O)N2C1. The summed E-state index contributed by atoms with van der Waals surface area (Å²) in [5.41, 5.74) is -2.16. The van der Waals surface area contributed by atoms with Gasteiger partial charge in [-0.2, -0.15) is 0 Å². The van der Waals surface area contributed by atoms with E-state index in [9.17, 15) is 27.6 Å². The minimum absolute atomic E-state index is 0.137. The summed E-state index contributed by atoms with van der Waals surface area (Å²) in [6, 6.07) is -1.86. The first-order valence-electron chi connectivity index (χ1n) is 14.1. The van der Waals surface area contributed by atoms with E-state index in [0.29, 0.717) is 25.7 Å². The summed E-state index contributed by atoms with van der Waals surface area (Å²) >= 11 is 0. The Morgan fingerprint density at radius 3 is 2.50 bits per heavy atom. The van der Waals surface area contributed by atoms with E-state index in [-0.39, 0.29) is 25.3 Å². The fraction of sp³-hybridized carbons (Fsp3) is 0.778. The molecule has 0 aromatic carbocycles. The topological polar surface area (TPSA) is 160 Å². The Labute approximate surface area is 236 Å². The molecular weight excluding hydrogens is 540 g/mol. The van der Waals surface area contributed by atoms with Crippen LogP contribution < -0.4 is 15.4 Å². The second-order valence-corrected chi connectivity index (χ2v) is 14.3. The number of hydrogen-bond acceptors (Lipinski definition) is 8. The first-order chi connectivity index (χ1) is 18.8. The molecule has 3 fully saturated rings. The number of nitrogens with one attached hydrogen (secondary N) is 3. The average Bonchev–Trinajstić information content (AvgIpc) is 3.77. The predicted molar refractivity (Wildman–Crippen MR) is 145 cm³/mol. The molecule has 0 aromatic rings. The van der Waals surface area contributed by atoms with Gasteiger partial charge in [0.05, 0.1) is 11.4 Å². The van der Waals surface area contributed by atoms with Gasteiger partial charge < -0.3 is 25.0 Å². The lowest BCUT2D eigenvalue weighted by atomic mass is 10.0. The number of nitrogens with zero attached hydrogens (tertiary/aromatic N) is 1. The van der Waals surface area contributed by atoms with Crippen LogP contribution in [0.5, 0.6) is 0 Å². The van der Waals surface area contributed by atoms with E-state index in [4.69, 9.17) is 9.47 Å². The third kappa shape index (κ3) is 7.15. The van der Waals surface area contributed by atoms with Crippen molar-refractivity contribution in [2.75, 3.05) is 13.7 Å². The summed E-state index contributed by atoms with van der Waals surface area (Å²) in [6.07, 6.45) is 7.55. The molecule has 4 amide bonds. The molecule has 2 saturated carbocycles. The highest BCUT2D eigenvalue weighted by Gasteiger charge is 2.62. The van der Waals surface area contributed by atoms with E-state index in [1.54, 1.807) is 20.8 Å². The van der Waals surface area contributed by atoms with E-state index in [2.05, 4.69) is 15.4 Å². The molecule has 0 bridgehead atoms. The number of fused-ring (bicyclic) bond motifs is 2. The van der Waals surface area contributed by atoms with Gasteiger partial charge in [-0.05, 0) is 59.3 Å². The first kappa shape index (κ1) is 30.3. The van der Waals surface area contributed by atoms with Crippen LogP contribution in [0.15, 0.2) is 12.2 Å². The van der Waals surface area contributed by atoms with Crippen molar-refractivity contribution < 1.29 is 37.1 Å². The van der Waals surface area contributed by atoms with Crippen molar-refractivity contribution in [1.82, 2.24) is 20.3 Å². The molecule has 5 atom stereocenters. The second-order valence-electron chi connectivity index (χ2n) is 12.3. The Hall–Kier alpha value is -2.67. The number of rotatable bonds is 5. The van der Waals surface area contributed by atoms with Crippen LogP contribution in [-0.4, -0.2) is 85.4 Å². The Kier molecular flexibility index (Phi) is 8.84. The van der Waals surface area contributed by atoms with Crippen molar-refractivity contribution in [3.63, 3.8) is 0 Å². The van der Waals surface area contributed by atoms with E-state index in [0.717, 1.165) is 19.3 Å². The molecule has 4 rings (SSSR count). The lowest BCUT2D eigenvalue weighted by molar-refractivity contribution is -0.141. The van der Waals surface area contributed by atoms with Gasteiger partial charge in [0.15, 0.2) is 0 Å². The van der Waals surface area contributed by atoms with Crippen LogP contribution in [0.2, 0.25) is 0 Å². The minimum atomic E-state index is -3.81. The second kappa shape index (κ2) is 11.7. The van der Waals surface area contributed by atoms with Crippen molar-refractivity contribution in [1.29, 1.82) is 0 Å². The molecule has 3 N–H and O–H groups in total. The maximum atomic E-state index is 13.8. The molecule has 1 unspecified atom stereocenters. The van der Waals surface area contributed by atoms with Crippen molar-refractivity contribution in [3.8, 4) is 0 Å². The largest absolute Gasteiger partial charge is 0.444 e. The van der Waals surface area contributed by atoms with Gasteiger partial charge in [0.2, 0.25) is 21.8 Å². The fourth-order valence-corrected chi connectivity index (χ4v) is 6.75. The van der Waals surface area contributed by atoms with Crippen LogP contribution >= 0.6 is 0 Å². The van der Waals surface area contributed by atoms with Crippen LogP contribution in [-0.2, 0) is 33.9 Å². The summed E-state index contributed by atoms with van der Waals surface area (Å²) in [5, 5.41) is 4.92.